The summed E-state index contributed by atoms with van der Waals surface area (Å²) >= 11 is 5.08. The first-order valence-electron chi connectivity index (χ1n) is 5.95. The van der Waals surface area contributed by atoms with Crippen molar-refractivity contribution in [2.75, 3.05) is 6.54 Å². The standard InChI is InChI=1S/C14H19N3S/c1-4-10-15-14(18)17-16-13(5-2)12-8-6-11(3)7-9-12/h4,6-9H,1,5,10H2,2-3H3,(H2,15,17,18)/b16-13-. The number of hydrogen-bond donors (Lipinski definition) is 2. The van der Waals surface area contributed by atoms with Crippen molar-refractivity contribution in [3.05, 3.63) is 48.0 Å². The van der Waals surface area contributed by atoms with Crippen LogP contribution in [-0.2, 0) is 0 Å². The number of thiocarbonyl (C=S) groups is 1. The monoisotopic (exact) mass is 261 g/mol. The normalized spacial score (nSPS) is 10.9. The maximum absolute atomic E-state index is 5.08. The molecule has 0 aliphatic rings. The molecule has 0 radical (unpaired) electrons. The Morgan fingerprint density at radius 1 is 1.39 bits per heavy atom. The molecular formula is C14H19N3S. The third-order valence-corrected chi connectivity index (χ3v) is 2.65. The van der Waals surface area contributed by atoms with E-state index in [-0.39, 0.29) is 0 Å². The molecule has 1 aromatic rings. The summed E-state index contributed by atoms with van der Waals surface area (Å²) in [5.74, 6) is 0. The van der Waals surface area contributed by atoms with Crippen LogP contribution in [0.25, 0.3) is 0 Å². The lowest BCUT2D eigenvalue weighted by molar-refractivity contribution is 0.931. The molecule has 0 bridgehead atoms. The van der Waals surface area contributed by atoms with Gasteiger partial charge in [0.2, 0.25) is 0 Å². The predicted molar refractivity (Wildman–Crippen MR) is 81.9 cm³/mol. The van der Waals surface area contributed by atoms with Crippen molar-refractivity contribution in [2.24, 2.45) is 5.10 Å². The average molecular weight is 261 g/mol. The van der Waals surface area contributed by atoms with Gasteiger partial charge in [0.05, 0.1) is 5.71 Å². The molecule has 0 amide bonds. The first-order valence-corrected chi connectivity index (χ1v) is 6.36. The molecule has 0 fully saturated rings. The molecule has 2 N–H and O–H groups in total. The summed E-state index contributed by atoms with van der Waals surface area (Å²) in [5.41, 5.74) is 6.18. The zero-order valence-electron chi connectivity index (χ0n) is 10.9. The summed E-state index contributed by atoms with van der Waals surface area (Å²) in [6.45, 7) is 8.39. The highest BCUT2D eigenvalue weighted by atomic mass is 32.1. The van der Waals surface area contributed by atoms with Crippen LogP contribution in [0.4, 0.5) is 0 Å². The molecule has 1 aromatic carbocycles. The van der Waals surface area contributed by atoms with Crippen LogP contribution in [0.5, 0.6) is 0 Å². The Morgan fingerprint density at radius 2 is 2.06 bits per heavy atom. The Kier molecular flexibility index (Phi) is 6.08. The molecule has 0 aliphatic heterocycles. The second kappa shape index (κ2) is 7.61. The Labute approximate surface area is 114 Å². The lowest BCUT2D eigenvalue weighted by Crippen LogP contribution is -2.32. The molecule has 0 aliphatic carbocycles. The van der Waals surface area contributed by atoms with E-state index in [4.69, 9.17) is 12.2 Å². The second-order valence-corrected chi connectivity index (χ2v) is 4.30. The number of nitrogens with zero attached hydrogens (tertiary/aromatic N) is 1. The first-order chi connectivity index (χ1) is 8.67. The third-order valence-electron chi connectivity index (χ3n) is 2.42. The van der Waals surface area contributed by atoms with Crippen molar-refractivity contribution in [1.29, 1.82) is 0 Å². The fraction of sp³-hybridized carbons (Fsp3) is 0.286. The molecule has 0 saturated heterocycles. The van der Waals surface area contributed by atoms with E-state index in [0.29, 0.717) is 11.7 Å². The topological polar surface area (TPSA) is 36.4 Å². The number of aryl methyl sites for hydroxylation is 1. The van der Waals surface area contributed by atoms with Crippen LogP contribution in [0.2, 0.25) is 0 Å². The van der Waals surface area contributed by atoms with E-state index in [2.05, 4.69) is 60.5 Å². The van der Waals surface area contributed by atoms with E-state index in [1.54, 1.807) is 6.08 Å². The van der Waals surface area contributed by atoms with Gasteiger partial charge in [-0.25, -0.2) is 0 Å². The van der Waals surface area contributed by atoms with Crippen LogP contribution in [0.15, 0.2) is 42.0 Å². The lowest BCUT2D eigenvalue weighted by Gasteiger charge is -2.07. The van der Waals surface area contributed by atoms with Gasteiger partial charge in [-0.1, -0.05) is 42.8 Å². The number of hydrazone groups is 1. The minimum absolute atomic E-state index is 0.507. The lowest BCUT2D eigenvalue weighted by atomic mass is 10.1. The van der Waals surface area contributed by atoms with Crippen molar-refractivity contribution in [1.82, 2.24) is 10.7 Å². The minimum Gasteiger partial charge on any atom is -0.358 e. The SMILES string of the molecule is C=CCNC(=S)N/N=C(/CC)c1ccc(C)cc1. The molecular weight excluding hydrogens is 242 g/mol. The summed E-state index contributed by atoms with van der Waals surface area (Å²) in [6, 6.07) is 8.29. The molecule has 0 atom stereocenters. The van der Waals surface area contributed by atoms with Crippen molar-refractivity contribution in [3.8, 4) is 0 Å². The largest absolute Gasteiger partial charge is 0.358 e. The van der Waals surface area contributed by atoms with Crippen LogP contribution in [0.1, 0.15) is 24.5 Å². The van der Waals surface area contributed by atoms with Crippen LogP contribution < -0.4 is 10.7 Å². The van der Waals surface area contributed by atoms with E-state index in [1.807, 2.05) is 0 Å². The highest BCUT2D eigenvalue weighted by Gasteiger charge is 2.01. The molecule has 3 nitrogen and oxygen atoms in total. The van der Waals surface area contributed by atoms with E-state index in [9.17, 15) is 0 Å². The van der Waals surface area contributed by atoms with Crippen LogP contribution in [0, 0.1) is 6.92 Å². The summed E-state index contributed by atoms with van der Waals surface area (Å²) in [5, 5.41) is 7.80. The van der Waals surface area contributed by atoms with E-state index in [1.165, 1.54) is 5.56 Å². The summed E-state index contributed by atoms with van der Waals surface area (Å²) in [6.07, 6.45) is 2.60. The zero-order chi connectivity index (χ0) is 13.4. The molecule has 0 heterocycles. The van der Waals surface area contributed by atoms with Crippen LogP contribution >= 0.6 is 12.2 Å². The molecule has 96 valence electrons. The van der Waals surface area contributed by atoms with Crippen molar-refractivity contribution in [2.45, 2.75) is 20.3 Å². The van der Waals surface area contributed by atoms with Gasteiger partial charge < -0.3 is 5.32 Å². The summed E-state index contributed by atoms with van der Waals surface area (Å²) in [7, 11) is 0. The molecule has 4 heteroatoms. The van der Waals surface area contributed by atoms with Crippen molar-refractivity contribution >= 4 is 23.0 Å². The highest BCUT2D eigenvalue weighted by Crippen LogP contribution is 2.06. The Balaban J connectivity index is 2.68. The molecule has 1 rings (SSSR count). The van der Waals surface area contributed by atoms with Gasteiger partial charge in [0.25, 0.3) is 0 Å². The van der Waals surface area contributed by atoms with Gasteiger partial charge in [-0.15, -0.1) is 6.58 Å². The zero-order valence-corrected chi connectivity index (χ0v) is 11.7. The van der Waals surface area contributed by atoms with E-state index in [0.717, 1.165) is 17.7 Å². The molecule has 0 spiro atoms. The number of rotatable bonds is 5. The van der Waals surface area contributed by atoms with Crippen molar-refractivity contribution < 1.29 is 0 Å². The van der Waals surface area contributed by atoms with Crippen LogP contribution in [0.3, 0.4) is 0 Å². The van der Waals surface area contributed by atoms with Gasteiger partial charge in [0.1, 0.15) is 0 Å². The smallest absolute Gasteiger partial charge is 0.187 e. The highest BCUT2D eigenvalue weighted by molar-refractivity contribution is 7.80. The molecule has 0 aromatic heterocycles. The van der Waals surface area contributed by atoms with Gasteiger partial charge in [-0.2, -0.15) is 5.10 Å². The van der Waals surface area contributed by atoms with Gasteiger partial charge in [0.15, 0.2) is 5.11 Å². The Morgan fingerprint density at radius 3 is 2.61 bits per heavy atom. The molecule has 0 saturated carbocycles. The fourth-order valence-corrected chi connectivity index (χ4v) is 1.55. The number of nitrogens with one attached hydrogen (secondary N) is 2. The van der Waals surface area contributed by atoms with Crippen molar-refractivity contribution in [3.63, 3.8) is 0 Å². The van der Waals surface area contributed by atoms with E-state index < -0.39 is 0 Å². The van der Waals surface area contributed by atoms with Gasteiger partial charge >= 0.3 is 0 Å². The first kappa shape index (κ1) is 14.4. The maximum atomic E-state index is 5.08. The van der Waals surface area contributed by atoms with Crippen LogP contribution in [-0.4, -0.2) is 17.4 Å². The maximum Gasteiger partial charge on any atom is 0.187 e. The van der Waals surface area contributed by atoms with Gasteiger partial charge in [-0.3, -0.25) is 5.43 Å². The Hall–Kier alpha value is -1.68. The quantitative estimate of drug-likeness (QED) is 0.370. The molecule has 0 unspecified atom stereocenters. The number of benzene rings is 1. The predicted octanol–water partition coefficient (Wildman–Crippen LogP) is 2.76. The number of hydrogen-bond acceptors (Lipinski definition) is 2. The Bertz CT molecular complexity index is 435. The van der Waals surface area contributed by atoms with E-state index >= 15 is 0 Å². The minimum atomic E-state index is 0.507. The average Bonchev–Trinajstić information content (AvgIpc) is 2.39. The molecule has 18 heavy (non-hydrogen) atoms. The summed E-state index contributed by atoms with van der Waals surface area (Å²) < 4.78 is 0. The summed E-state index contributed by atoms with van der Waals surface area (Å²) in [4.78, 5) is 0. The fourth-order valence-electron chi connectivity index (χ4n) is 1.42. The van der Waals surface area contributed by atoms with Gasteiger partial charge in [-0.05, 0) is 31.1 Å². The van der Waals surface area contributed by atoms with Gasteiger partial charge in [0, 0.05) is 6.54 Å². The third kappa shape index (κ3) is 4.67. The second-order valence-electron chi connectivity index (χ2n) is 3.89.